The fourth-order valence-electron chi connectivity index (χ4n) is 1.26. The molecule has 8 heteroatoms. The lowest BCUT2D eigenvalue weighted by Crippen LogP contribution is -2.34. The normalized spacial score (nSPS) is 13.0. The molecule has 0 rings (SSSR count). The van der Waals surface area contributed by atoms with E-state index in [0.717, 1.165) is 18.6 Å². The molecule has 120 valence electrons. The molecule has 0 saturated carbocycles. The van der Waals surface area contributed by atoms with Crippen LogP contribution in [0, 0.1) is 0 Å². The van der Waals surface area contributed by atoms with Crippen LogP contribution in [0.1, 0.15) is 25.7 Å². The van der Waals surface area contributed by atoms with Crippen molar-refractivity contribution in [1.29, 1.82) is 0 Å². The second-order valence-electron chi connectivity index (χ2n) is 4.19. The summed E-state index contributed by atoms with van der Waals surface area (Å²) in [4.78, 5) is 20.5. The van der Waals surface area contributed by atoms with Gasteiger partial charge in [-0.25, -0.2) is 0 Å². The van der Waals surface area contributed by atoms with Gasteiger partial charge in [-0.2, -0.15) is 11.8 Å². The molecule has 0 amide bonds. The average Bonchev–Trinajstić information content (AvgIpc) is 2.40. The first-order chi connectivity index (χ1) is 9.40. The van der Waals surface area contributed by atoms with Crippen LogP contribution >= 0.6 is 11.8 Å². The molecule has 7 N–H and O–H groups in total. The van der Waals surface area contributed by atoms with Gasteiger partial charge in [-0.05, 0) is 44.9 Å². The van der Waals surface area contributed by atoms with Gasteiger partial charge in [0.15, 0.2) is 0 Å². The van der Waals surface area contributed by atoms with E-state index in [1.165, 1.54) is 0 Å². The van der Waals surface area contributed by atoms with E-state index >= 15 is 0 Å². The molecule has 0 aromatic heterocycles. The van der Waals surface area contributed by atoms with E-state index in [1.54, 1.807) is 18.8 Å². The largest absolute Gasteiger partial charge is 0.480 e. The molecular weight excluding hydrogens is 282 g/mol. The summed E-state index contributed by atoms with van der Waals surface area (Å²) < 4.78 is 0. The lowest BCUT2D eigenvalue weighted by Gasteiger charge is -2.08. The minimum atomic E-state index is -0.933. The third-order valence-corrected chi connectivity index (χ3v) is 3.19. The van der Waals surface area contributed by atoms with Crippen LogP contribution in [0.15, 0.2) is 0 Å². The summed E-state index contributed by atoms with van der Waals surface area (Å²) in [6.07, 6.45) is 4.82. The van der Waals surface area contributed by atoms with E-state index in [4.69, 9.17) is 21.7 Å². The monoisotopic (exact) mass is 309 g/mol. The minimum absolute atomic E-state index is 0.382. The van der Waals surface area contributed by atoms with E-state index in [-0.39, 0.29) is 6.04 Å². The van der Waals surface area contributed by atoms with Crippen LogP contribution in [0.4, 0.5) is 0 Å². The summed E-state index contributed by atoms with van der Waals surface area (Å²) >= 11 is 1.66. The molecule has 0 radical (unpaired) electrons. The molecule has 2 atom stereocenters. The maximum atomic E-state index is 10.4. The SMILES string of the molecule is CN[C@@H](CCSC)C(=O)O.NCCCCC(N)C(=O)O. The maximum Gasteiger partial charge on any atom is 0.320 e. The molecule has 0 spiro atoms. The smallest absolute Gasteiger partial charge is 0.320 e. The number of carboxylic acids is 2. The first-order valence-corrected chi connectivity index (χ1v) is 7.87. The second-order valence-corrected chi connectivity index (χ2v) is 5.18. The quantitative estimate of drug-likeness (QED) is 0.354. The van der Waals surface area contributed by atoms with Crippen molar-refractivity contribution in [3.05, 3.63) is 0 Å². The van der Waals surface area contributed by atoms with Gasteiger partial charge in [-0.15, -0.1) is 0 Å². The lowest BCUT2D eigenvalue weighted by atomic mass is 10.1. The van der Waals surface area contributed by atoms with Gasteiger partial charge in [0.05, 0.1) is 0 Å². The summed E-state index contributed by atoms with van der Waals surface area (Å²) in [5.74, 6) is -0.814. The Morgan fingerprint density at radius 2 is 1.80 bits per heavy atom. The van der Waals surface area contributed by atoms with Crippen LogP contribution in [0.3, 0.4) is 0 Å². The summed E-state index contributed by atoms with van der Waals surface area (Å²) in [5.41, 5.74) is 10.4. The third kappa shape index (κ3) is 13.6. The van der Waals surface area contributed by atoms with Gasteiger partial charge in [0, 0.05) is 0 Å². The number of nitrogens with two attached hydrogens (primary N) is 2. The van der Waals surface area contributed by atoms with E-state index < -0.39 is 18.0 Å². The van der Waals surface area contributed by atoms with Crippen molar-refractivity contribution < 1.29 is 19.8 Å². The molecule has 7 nitrogen and oxygen atoms in total. The van der Waals surface area contributed by atoms with Crippen LogP contribution in [0.25, 0.3) is 0 Å². The van der Waals surface area contributed by atoms with Gasteiger partial charge in [0.25, 0.3) is 0 Å². The van der Waals surface area contributed by atoms with E-state index in [0.29, 0.717) is 19.4 Å². The van der Waals surface area contributed by atoms with Crippen molar-refractivity contribution >= 4 is 23.7 Å². The fourth-order valence-corrected chi connectivity index (χ4v) is 1.73. The highest BCUT2D eigenvalue weighted by atomic mass is 32.2. The van der Waals surface area contributed by atoms with Crippen molar-refractivity contribution in [3.8, 4) is 0 Å². The Labute approximate surface area is 124 Å². The Hall–Kier alpha value is -0.830. The average molecular weight is 309 g/mol. The number of hydrogen-bond acceptors (Lipinski definition) is 6. The number of nitrogens with one attached hydrogen (secondary N) is 1. The summed E-state index contributed by atoms with van der Waals surface area (Å²) in [6.45, 7) is 0.604. The zero-order valence-corrected chi connectivity index (χ0v) is 13.0. The van der Waals surface area contributed by atoms with Crippen LogP contribution in [-0.2, 0) is 9.59 Å². The molecule has 20 heavy (non-hydrogen) atoms. The van der Waals surface area contributed by atoms with Gasteiger partial charge < -0.3 is 27.0 Å². The van der Waals surface area contributed by atoms with Crippen LogP contribution < -0.4 is 16.8 Å². The van der Waals surface area contributed by atoms with Crippen LogP contribution in [0.2, 0.25) is 0 Å². The number of unbranched alkanes of at least 4 members (excludes halogenated alkanes) is 1. The number of thioether (sulfide) groups is 1. The zero-order valence-electron chi connectivity index (χ0n) is 12.2. The first kappa shape index (κ1) is 21.5. The number of likely N-dealkylation sites (N-methyl/N-ethyl adjacent to an activating group) is 1. The number of rotatable bonds is 10. The van der Waals surface area contributed by atoms with Gasteiger partial charge in [0.1, 0.15) is 12.1 Å². The first-order valence-electron chi connectivity index (χ1n) is 6.48. The molecule has 0 aliphatic rings. The molecule has 1 unspecified atom stereocenters. The Morgan fingerprint density at radius 1 is 1.20 bits per heavy atom. The molecule has 0 aliphatic heterocycles. The Balaban J connectivity index is 0. The van der Waals surface area contributed by atoms with E-state index in [2.05, 4.69) is 5.32 Å². The molecule has 0 heterocycles. The van der Waals surface area contributed by atoms with Gasteiger partial charge in [0.2, 0.25) is 0 Å². The Morgan fingerprint density at radius 3 is 2.15 bits per heavy atom. The number of hydrogen-bond donors (Lipinski definition) is 5. The predicted molar refractivity (Wildman–Crippen MR) is 82.0 cm³/mol. The van der Waals surface area contributed by atoms with Gasteiger partial charge in [-0.3, -0.25) is 9.59 Å². The van der Waals surface area contributed by atoms with Crippen LogP contribution in [-0.4, -0.2) is 59.8 Å². The summed E-state index contributed by atoms with van der Waals surface area (Å²) in [5, 5.41) is 19.6. The third-order valence-electron chi connectivity index (χ3n) is 2.54. The Kier molecular flexibility index (Phi) is 15.6. The van der Waals surface area contributed by atoms with Crippen LogP contribution in [0.5, 0.6) is 0 Å². The molecule has 0 aromatic carbocycles. The zero-order chi connectivity index (χ0) is 16.0. The predicted octanol–water partition coefficient (Wildman–Crippen LogP) is -0.0606. The van der Waals surface area contributed by atoms with Gasteiger partial charge >= 0.3 is 11.9 Å². The molecule has 0 saturated heterocycles. The van der Waals surface area contributed by atoms with E-state index in [9.17, 15) is 9.59 Å². The highest BCUT2D eigenvalue weighted by molar-refractivity contribution is 7.98. The molecule has 0 aliphatic carbocycles. The van der Waals surface area contributed by atoms with Gasteiger partial charge in [-0.1, -0.05) is 6.42 Å². The topological polar surface area (TPSA) is 139 Å². The van der Waals surface area contributed by atoms with Crippen molar-refractivity contribution in [2.45, 2.75) is 37.8 Å². The lowest BCUT2D eigenvalue weighted by molar-refractivity contribution is -0.140. The minimum Gasteiger partial charge on any atom is -0.480 e. The fraction of sp³-hybridized carbons (Fsp3) is 0.833. The van der Waals surface area contributed by atoms with E-state index in [1.807, 2.05) is 6.26 Å². The number of carbonyl (C=O) groups is 2. The molecule has 0 fully saturated rings. The van der Waals surface area contributed by atoms with Crippen molar-refractivity contribution in [1.82, 2.24) is 5.32 Å². The van der Waals surface area contributed by atoms with Crippen molar-refractivity contribution in [3.63, 3.8) is 0 Å². The highest BCUT2D eigenvalue weighted by Gasteiger charge is 2.12. The number of aliphatic carboxylic acids is 2. The summed E-state index contributed by atoms with van der Waals surface area (Å²) in [6, 6.07) is -1.10. The molecule has 0 bridgehead atoms. The molecule has 0 aromatic rings. The summed E-state index contributed by atoms with van der Waals surface area (Å²) in [7, 11) is 1.67. The Bertz CT molecular complexity index is 267. The molecular formula is C12H27N3O4S. The maximum absolute atomic E-state index is 10.4. The van der Waals surface area contributed by atoms with Crippen molar-refractivity contribution in [2.75, 3.05) is 25.6 Å². The highest BCUT2D eigenvalue weighted by Crippen LogP contribution is 1.99. The van der Waals surface area contributed by atoms with Crippen molar-refractivity contribution in [2.24, 2.45) is 11.5 Å². The number of carboxylic acid groups (broad SMARTS) is 2. The standard InChI is InChI=1S/C6H14N2O2.C6H13NO2S/c7-4-2-1-3-5(8)6(9)10;1-7-5(6(8)9)3-4-10-2/h5H,1-4,7-8H2,(H,9,10);5,7H,3-4H2,1-2H3,(H,8,9)/t;5-/m.0/s1. The second kappa shape index (κ2) is 14.6.